The first kappa shape index (κ1) is 17.8. The van der Waals surface area contributed by atoms with Crippen LogP contribution in [0.3, 0.4) is 0 Å². The number of ether oxygens (including phenoxy) is 1. The minimum atomic E-state index is -2.63. The second kappa shape index (κ2) is 9.67. The van der Waals surface area contributed by atoms with Crippen LogP contribution in [0, 0.1) is 0 Å². The molecule has 1 unspecified atom stereocenters. The minimum Gasteiger partial charge on any atom is -0.372 e. The summed E-state index contributed by atoms with van der Waals surface area (Å²) in [5.74, 6) is -2.63. The Bertz CT molecular complexity index is 285. The number of carbonyl (C=O) groups is 1. The number of alkyl halides is 2. The Morgan fingerprint density at radius 3 is 2.40 bits per heavy atom. The SMILES string of the molecule is O=C(Cl)CCCCCCCCOC1CCCCC1(F)F. The molecule has 0 heterocycles. The van der Waals surface area contributed by atoms with E-state index in [9.17, 15) is 13.6 Å². The van der Waals surface area contributed by atoms with E-state index in [1.807, 2.05) is 0 Å². The summed E-state index contributed by atoms with van der Waals surface area (Å²) < 4.78 is 32.3. The van der Waals surface area contributed by atoms with Gasteiger partial charge in [0.25, 0.3) is 5.92 Å². The highest BCUT2D eigenvalue weighted by Gasteiger charge is 2.41. The van der Waals surface area contributed by atoms with Crippen LogP contribution in [0.25, 0.3) is 0 Å². The molecule has 1 saturated carbocycles. The van der Waals surface area contributed by atoms with Gasteiger partial charge in [0.2, 0.25) is 5.24 Å². The van der Waals surface area contributed by atoms with Crippen LogP contribution in [-0.4, -0.2) is 23.9 Å². The number of halogens is 3. The largest absolute Gasteiger partial charge is 0.372 e. The van der Waals surface area contributed by atoms with Crippen LogP contribution in [0.15, 0.2) is 0 Å². The smallest absolute Gasteiger partial charge is 0.273 e. The van der Waals surface area contributed by atoms with E-state index in [0.29, 0.717) is 25.9 Å². The molecule has 20 heavy (non-hydrogen) atoms. The van der Waals surface area contributed by atoms with Gasteiger partial charge in [-0.25, -0.2) is 8.78 Å². The third-order valence-corrected chi connectivity index (χ3v) is 3.97. The van der Waals surface area contributed by atoms with Gasteiger partial charge in [0.05, 0.1) is 0 Å². The minimum absolute atomic E-state index is 0.0308. The van der Waals surface area contributed by atoms with Gasteiger partial charge in [-0.15, -0.1) is 0 Å². The second-order valence-electron chi connectivity index (χ2n) is 5.59. The van der Waals surface area contributed by atoms with Crippen LogP contribution in [-0.2, 0) is 9.53 Å². The molecular formula is C15H25ClF2O2. The van der Waals surface area contributed by atoms with E-state index < -0.39 is 12.0 Å². The molecule has 0 aliphatic heterocycles. The second-order valence-corrected chi connectivity index (χ2v) is 6.01. The zero-order valence-corrected chi connectivity index (χ0v) is 12.8. The highest BCUT2D eigenvalue weighted by molar-refractivity contribution is 6.63. The van der Waals surface area contributed by atoms with E-state index in [1.165, 1.54) is 0 Å². The van der Waals surface area contributed by atoms with Crippen molar-refractivity contribution in [3.05, 3.63) is 0 Å². The molecule has 0 radical (unpaired) electrons. The fourth-order valence-electron chi connectivity index (χ4n) is 2.57. The van der Waals surface area contributed by atoms with E-state index in [1.54, 1.807) is 0 Å². The quantitative estimate of drug-likeness (QED) is 0.415. The maximum atomic E-state index is 13.5. The molecule has 1 atom stereocenters. The molecule has 0 saturated heterocycles. The van der Waals surface area contributed by atoms with Crippen molar-refractivity contribution in [1.29, 1.82) is 0 Å². The maximum Gasteiger partial charge on any atom is 0.273 e. The molecule has 0 aromatic rings. The van der Waals surface area contributed by atoms with Gasteiger partial charge in [-0.2, -0.15) is 0 Å². The normalized spacial score (nSPS) is 21.9. The van der Waals surface area contributed by atoms with E-state index in [-0.39, 0.29) is 11.7 Å². The molecule has 1 aliphatic carbocycles. The lowest BCUT2D eigenvalue weighted by Crippen LogP contribution is -2.38. The van der Waals surface area contributed by atoms with Gasteiger partial charge >= 0.3 is 0 Å². The maximum absolute atomic E-state index is 13.5. The van der Waals surface area contributed by atoms with Crippen molar-refractivity contribution >= 4 is 16.8 Å². The average molecular weight is 311 g/mol. The third kappa shape index (κ3) is 7.53. The summed E-state index contributed by atoms with van der Waals surface area (Å²) in [6.07, 6.45) is 7.27. The Kier molecular flexibility index (Phi) is 8.62. The van der Waals surface area contributed by atoms with Gasteiger partial charge in [-0.1, -0.05) is 32.1 Å². The summed E-state index contributed by atoms with van der Waals surface area (Å²) in [6, 6.07) is 0. The average Bonchev–Trinajstić information content (AvgIpc) is 2.38. The van der Waals surface area contributed by atoms with Gasteiger partial charge in [-0.3, -0.25) is 4.79 Å². The van der Waals surface area contributed by atoms with Crippen molar-refractivity contribution in [3.63, 3.8) is 0 Å². The van der Waals surface area contributed by atoms with Gasteiger partial charge in [0.15, 0.2) is 0 Å². The van der Waals surface area contributed by atoms with Crippen LogP contribution in [0.2, 0.25) is 0 Å². The number of hydrogen-bond acceptors (Lipinski definition) is 2. The number of carbonyl (C=O) groups excluding carboxylic acids is 1. The molecule has 0 amide bonds. The van der Waals surface area contributed by atoms with Crippen LogP contribution in [0.1, 0.15) is 70.6 Å². The van der Waals surface area contributed by atoms with Crippen molar-refractivity contribution in [3.8, 4) is 0 Å². The molecule has 118 valence electrons. The first-order chi connectivity index (χ1) is 9.52. The summed E-state index contributed by atoms with van der Waals surface area (Å²) in [6.45, 7) is 0.431. The molecule has 0 bridgehead atoms. The third-order valence-electron chi connectivity index (χ3n) is 3.78. The summed E-state index contributed by atoms with van der Waals surface area (Å²) in [7, 11) is 0. The summed E-state index contributed by atoms with van der Waals surface area (Å²) in [4.78, 5) is 10.5. The molecule has 2 nitrogen and oxygen atoms in total. The lowest BCUT2D eigenvalue weighted by molar-refractivity contribution is -0.158. The standard InChI is InChI=1S/C15H25ClF2O2/c16-14(19)10-5-3-1-2-4-8-12-20-13-9-6-7-11-15(13,17)18/h13H,1-12H2. The molecule has 0 aromatic heterocycles. The van der Waals surface area contributed by atoms with Crippen molar-refractivity contribution in [2.24, 2.45) is 0 Å². The Morgan fingerprint density at radius 2 is 1.75 bits per heavy atom. The fraction of sp³-hybridized carbons (Fsp3) is 0.933. The van der Waals surface area contributed by atoms with Crippen molar-refractivity contribution in [2.45, 2.75) is 82.7 Å². The zero-order valence-electron chi connectivity index (χ0n) is 12.0. The van der Waals surface area contributed by atoms with Crippen LogP contribution in [0.5, 0.6) is 0 Å². The van der Waals surface area contributed by atoms with E-state index in [4.69, 9.17) is 16.3 Å². The molecule has 0 N–H and O–H groups in total. The predicted molar refractivity (Wildman–Crippen MR) is 76.3 cm³/mol. The van der Waals surface area contributed by atoms with E-state index in [0.717, 1.165) is 44.9 Å². The van der Waals surface area contributed by atoms with Crippen molar-refractivity contribution < 1.29 is 18.3 Å². The monoisotopic (exact) mass is 310 g/mol. The first-order valence-electron chi connectivity index (χ1n) is 7.70. The Hall–Kier alpha value is -0.220. The van der Waals surface area contributed by atoms with Crippen LogP contribution < -0.4 is 0 Å². The highest BCUT2D eigenvalue weighted by atomic mass is 35.5. The fourth-order valence-corrected chi connectivity index (χ4v) is 2.70. The highest BCUT2D eigenvalue weighted by Crippen LogP contribution is 2.35. The number of unbranched alkanes of at least 4 members (excludes halogenated alkanes) is 5. The zero-order chi connectivity index (χ0) is 14.8. The summed E-state index contributed by atoms with van der Waals surface area (Å²) >= 11 is 5.24. The summed E-state index contributed by atoms with van der Waals surface area (Å²) in [5, 5.41) is -0.271. The number of rotatable bonds is 10. The summed E-state index contributed by atoms with van der Waals surface area (Å²) in [5.41, 5.74) is 0. The number of hydrogen-bond donors (Lipinski definition) is 0. The predicted octanol–water partition coefficient (Wildman–Crippen LogP) is 5.08. The van der Waals surface area contributed by atoms with Crippen molar-refractivity contribution in [1.82, 2.24) is 0 Å². The molecule has 1 fully saturated rings. The molecule has 0 spiro atoms. The lowest BCUT2D eigenvalue weighted by Gasteiger charge is -2.31. The Morgan fingerprint density at radius 1 is 1.10 bits per heavy atom. The molecule has 5 heteroatoms. The molecule has 0 aromatic carbocycles. The molecule has 1 rings (SSSR count). The van der Waals surface area contributed by atoms with Crippen molar-refractivity contribution in [2.75, 3.05) is 6.61 Å². The van der Waals surface area contributed by atoms with Gasteiger partial charge in [-0.05, 0) is 37.3 Å². The Balaban J connectivity index is 1.93. The lowest BCUT2D eigenvalue weighted by atomic mass is 9.94. The Labute approximate surface area is 125 Å². The van der Waals surface area contributed by atoms with Gasteiger partial charge in [0.1, 0.15) is 6.10 Å². The van der Waals surface area contributed by atoms with Crippen LogP contribution in [0.4, 0.5) is 8.78 Å². The van der Waals surface area contributed by atoms with Gasteiger partial charge < -0.3 is 4.74 Å². The van der Waals surface area contributed by atoms with E-state index >= 15 is 0 Å². The topological polar surface area (TPSA) is 26.3 Å². The molecule has 1 aliphatic rings. The van der Waals surface area contributed by atoms with E-state index in [2.05, 4.69) is 0 Å². The first-order valence-corrected chi connectivity index (χ1v) is 8.08. The van der Waals surface area contributed by atoms with Gasteiger partial charge in [0, 0.05) is 19.4 Å². The van der Waals surface area contributed by atoms with Crippen LogP contribution >= 0.6 is 11.6 Å². The molecular weight excluding hydrogens is 286 g/mol.